The summed E-state index contributed by atoms with van der Waals surface area (Å²) in [5.41, 5.74) is 2.09. The zero-order chi connectivity index (χ0) is 10.4. The summed E-state index contributed by atoms with van der Waals surface area (Å²) in [7, 11) is 0. The third-order valence-electron chi connectivity index (χ3n) is 1.95. The zero-order valence-corrected chi connectivity index (χ0v) is 7.99. The largest absolute Gasteiger partial charge is 0.382 e. The maximum atomic E-state index is 8.56. The SMILES string of the molecule is Cc1ccccc1NCC(C#N)C#N. The van der Waals surface area contributed by atoms with Gasteiger partial charge in [-0.3, -0.25) is 0 Å². The third kappa shape index (κ3) is 2.50. The van der Waals surface area contributed by atoms with Gasteiger partial charge in [0, 0.05) is 12.2 Å². The molecule has 0 aliphatic carbocycles. The molecule has 0 fully saturated rings. The van der Waals surface area contributed by atoms with E-state index < -0.39 is 5.92 Å². The Morgan fingerprint density at radius 2 is 1.93 bits per heavy atom. The van der Waals surface area contributed by atoms with Crippen molar-refractivity contribution in [2.75, 3.05) is 11.9 Å². The minimum absolute atomic E-state index is 0.373. The maximum absolute atomic E-state index is 8.56. The van der Waals surface area contributed by atoms with Crippen LogP contribution in [0.25, 0.3) is 0 Å². The zero-order valence-electron chi connectivity index (χ0n) is 7.99. The van der Waals surface area contributed by atoms with Gasteiger partial charge in [0.1, 0.15) is 5.92 Å². The molecule has 1 N–H and O–H groups in total. The van der Waals surface area contributed by atoms with Gasteiger partial charge in [-0.2, -0.15) is 10.5 Å². The number of aryl methyl sites for hydroxylation is 1. The normalized spacial score (nSPS) is 9.14. The number of anilines is 1. The van der Waals surface area contributed by atoms with Crippen LogP contribution in [0.15, 0.2) is 24.3 Å². The van der Waals surface area contributed by atoms with E-state index in [2.05, 4.69) is 5.32 Å². The van der Waals surface area contributed by atoms with Crippen LogP contribution < -0.4 is 5.32 Å². The Hall–Kier alpha value is -2.00. The topological polar surface area (TPSA) is 59.6 Å². The lowest BCUT2D eigenvalue weighted by atomic mass is 10.1. The summed E-state index contributed by atoms with van der Waals surface area (Å²) in [4.78, 5) is 0. The van der Waals surface area contributed by atoms with Crippen molar-refractivity contribution in [3.05, 3.63) is 29.8 Å². The molecule has 0 unspecified atom stereocenters. The number of nitrogens with zero attached hydrogens (tertiary/aromatic N) is 2. The van der Waals surface area contributed by atoms with Gasteiger partial charge in [0.2, 0.25) is 0 Å². The van der Waals surface area contributed by atoms with Crippen molar-refractivity contribution in [1.29, 1.82) is 10.5 Å². The molecule has 0 amide bonds. The molecule has 1 aromatic rings. The second kappa shape index (κ2) is 4.89. The van der Waals surface area contributed by atoms with Gasteiger partial charge in [-0.1, -0.05) is 18.2 Å². The lowest BCUT2D eigenvalue weighted by Gasteiger charge is -2.08. The predicted molar refractivity (Wildman–Crippen MR) is 54.4 cm³/mol. The van der Waals surface area contributed by atoms with Gasteiger partial charge in [0.25, 0.3) is 0 Å². The first-order valence-corrected chi connectivity index (χ1v) is 4.36. The lowest BCUT2D eigenvalue weighted by molar-refractivity contribution is 0.886. The molecule has 70 valence electrons. The number of benzene rings is 1. The average molecular weight is 185 g/mol. The van der Waals surface area contributed by atoms with Crippen molar-refractivity contribution in [1.82, 2.24) is 0 Å². The first-order chi connectivity index (χ1) is 6.77. The molecule has 0 bridgehead atoms. The summed E-state index contributed by atoms with van der Waals surface area (Å²) >= 11 is 0. The van der Waals surface area contributed by atoms with Crippen LogP contribution in [0.2, 0.25) is 0 Å². The van der Waals surface area contributed by atoms with Crippen LogP contribution in [0.1, 0.15) is 5.56 Å². The molecule has 0 aliphatic heterocycles. The minimum Gasteiger partial charge on any atom is -0.382 e. The molecule has 0 radical (unpaired) electrons. The maximum Gasteiger partial charge on any atom is 0.150 e. The molecule has 0 aromatic heterocycles. The van der Waals surface area contributed by atoms with Gasteiger partial charge in [-0.15, -0.1) is 0 Å². The van der Waals surface area contributed by atoms with E-state index >= 15 is 0 Å². The minimum atomic E-state index is -0.588. The Kier molecular flexibility index (Phi) is 3.52. The molecule has 1 rings (SSSR count). The third-order valence-corrected chi connectivity index (χ3v) is 1.95. The summed E-state index contributed by atoms with van der Waals surface area (Å²) < 4.78 is 0. The Balaban J connectivity index is 2.60. The van der Waals surface area contributed by atoms with Crippen LogP contribution >= 0.6 is 0 Å². The predicted octanol–water partition coefficient (Wildman–Crippen LogP) is 2.07. The Morgan fingerprint density at radius 1 is 1.29 bits per heavy atom. The van der Waals surface area contributed by atoms with E-state index in [1.807, 2.05) is 43.3 Å². The van der Waals surface area contributed by atoms with E-state index in [4.69, 9.17) is 10.5 Å². The van der Waals surface area contributed by atoms with E-state index in [1.165, 1.54) is 0 Å². The van der Waals surface area contributed by atoms with Crippen LogP contribution in [0.4, 0.5) is 5.69 Å². The van der Waals surface area contributed by atoms with Crippen LogP contribution in [0, 0.1) is 35.5 Å². The van der Waals surface area contributed by atoms with Crippen molar-refractivity contribution in [2.24, 2.45) is 5.92 Å². The number of hydrogen-bond donors (Lipinski definition) is 1. The second-order valence-electron chi connectivity index (χ2n) is 3.01. The summed E-state index contributed by atoms with van der Waals surface area (Å²) in [6.07, 6.45) is 0. The molecule has 0 atom stereocenters. The summed E-state index contributed by atoms with van der Waals surface area (Å²) in [5.74, 6) is -0.588. The van der Waals surface area contributed by atoms with E-state index in [0.29, 0.717) is 6.54 Å². The molecule has 0 saturated heterocycles. The van der Waals surface area contributed by atoms with Gasteiger partial charge in [-0.25, -0.2) is 0 Å². The van der Waals surface area contributed by atoms with Crippen LogP contribution in [0.3, 0.4) is 0 Å². The van der Waals surface area contributed by atoms with Crippen LogP contribution in [-0.4, -0.2) is 6.54 Å². The number of nitriles is 2. The first-order valence-electron chi connectivity index (χ1n) is 4.36. The molecule has 14 heavy (non-hydrogen) atoms. The number of rotatable bonds is 3. The molecule has 0 heterocycles. The fourth-order valence-corrected chi connectivity index (χ4v) is 1.10. The number of para-hydroxylation sites is 1. The highest BCUT2D eigenvalue weighted by Crippen LogP contribution is 2.13. The Morgan fingerprint density at radius 3 is 2.50 bits per heavy atom. The van der Waals surface area contributed by atoms with E-state index in [1.54, 1.807) is 0 Å². The Labute approximate surface area is 83.6 Å². The van der Waals surface area contributed by atoms with E-state index in [-0.39, 0.29) is 0 Å². The monoisotopic (exact) mass is 185 g/mol. The summed E-state index contributed by atoms with van der Waals surface area (Å²) in [5, 5.41) is 20.2. The van der Waals surface area contributed by atoms with Crippen LogP contribution in [-0.2, 0) is 0 Å². The smallest absolute Gasteiger partial charge is 0.150 e. The second-order valence-corrected chi connectivity index (χ2v) is 3.01. The number of nitrogens with one attached hydrogen (secondary N) is 1. The summed E-state index contributed by atoms with van der Waals surface area (Å²) in [6, 6.07) is 11.6. The highest BCUT2D eigenvalue weighted by molar-refractivity contribution is 5.50. The fourth-order valence-electron chi connectivity index (χ4n) is 1.10. The van der Waals surface area contributed by atoms with Crippen molar-refractivity contribution in [2.45, 2.75) is 6.92 Å². The Bertz CT molecular complexity index is 370. The lowest BCUT2D eigenvalue weighted by Crippen LogP contribution is -2.11. The van der Waals surface area contributed by atoms with Crippen molar-refractivity contribution in [3.63, 3.8) is 0 Å². The van der Waals surface area contributed by atoms with Crippen LogP contribution in [0.5, 0.6) is 0 Å². The summed E-state index contributed by atoms with van der Waals surface area (Å²) in [6.45, 7) is 2.36. The molecule has 3 nitrogen and oxygen atoms in total. The van der Waals surface area contributed by atoms with E-state index in [9.17, 15) is 0 Å². The van der Waals surface area contributed by atoms with Gasteiger partial charge in [0.05, 0.1) is 12.1 Å². The van der Waals surface area contributed by atoms with E-state index in [0.717, 1.165) is 11.3 Å². The van der Waals surface area contributed by atoms with Crippen molar-refractivity contribution >= 4 is 5.69 Å². The molecule has 0 spiro atoms. The quantitative estimate of drug-likeness (QED) is 0.784. The highest BCUT2D eigenvalue weighted by atomic mass is 14.9. The average Bonchev–Trinajstić information content (AvgIpc) is 2.22. The van der Waals surface area contributed by atoms with Crippen molar-refractivity contribution in [3.8, 4) is 12.1 Å². The highest BCUT2D eigenvalue weighted by Gasteiger charge is 2.04. The van der Waals surface area contributed by atoms with Gasteiger partial charge in [0.15, 0.2) is 0 Å². The van der Waals surface area contributed by atoms with Gasteiger partial charge >= 0.3 is 0 Å². The molecule has 3 heteroatoms. The fraction of sp³-hybridized carbons (Fsp3) is 0.273. The van der Waals surface area contributed by atoms with Gasteiger partial charge < -0.3 is 5.32 Å². The van der Waals surface area contributed by atoms with Gasteiger partial charge in [-0.05, 0) is 18.6 Å². The molecular weight excluding hydrogens is 174 g/mol. The molecule has 0 aliphatic rings. The van der Waals surface area contributed by atoms with Crippen molar-refractivity contribution < 1.29 is 0 Å². The first kappa shape index (κ1) is 10.1. The molecule has 1 aromatic carbocycles. The standard InChI is InChI=1S/C11H11N3/c1-9-4-2-3-5-11(9)14-8-10(6-12)7-13/h2-5,10,14H,8H2,1H3. The molecule has 0 saturated carbocycles. The number of hydrogen-bond acceptors (Lipinski definition) is 3. The molecular formula is C11H11N3.